The lowest BCUT2D eigenvalue weighted by molar-refractivity contribution is -0.113. The van der Waals surface area contributed by atoms with Gasteiger partial charge in [0.1, 0.15) is 23.0 Å². The molecule has 0 radical (unpaired) electrons. The minimum Gasteiger partial charge on any atom is -0.323 e. The number of thioether (sulfide) groups is 1. The Morgan fingerprint density at radius 2 is 1.61 bits per heavy atom. The molecule has 0 spiro atoms. The summed E-state index contributed by atoms with van der Waals surface area (Å²) in [5, 5.41) is 12.2. The van der Waals surface area contributed by atoms with E-state index in [9.17, 15) is 22.8 Å². The van der Waals surface area contributed by atoms with Crippen molar-refractivity contribution in [1.29, 1.82) is 0 Å². The first kappa shape index (κ1) is 19.8. The molecular formula is C17H11F3N4O2S2. The monoisotopic (exact) mass is 424 g/mol. The van der Waals surface area contributed by atoms with E-state index in [0.29, 0.717) is 4.34 Å². The first-order valence-corrected chi connectivity index (χ1v) is 9.50. The Labute approximate surface area is 165 Å². The first-order chi connectivity index (χ1) is 13.4. The van der Waals surface area contributed by atoms with Gasteiger partial charge >= 0.3 is 0 Å². The van der Waals surface area contributed by atoms with E-state index in [2.05, 4.69) is 20.8 Å². The number of carbonyl (C=O) groups excluding carboxylic acids is 2. The standard InChI is InChI=1S/C17H11F3N4O2S2/c18-9-4-1-2-7-12(9)21-13(25)8-27-17-24-23-16(28-17)22-15(26)14-10(19)5-3-6-11(14)20/h1-7H,8H2,(H,21,25)(H,22,23,26). The zero-order valence-corrected chi connectivity index (χ0v) is 15.5. The van der Waals surface area contributed by atoms with E-state index in [1.165, 1.54) is 18.2 Å². The van der Waals surface area contributed by atoms with Gasteiger partial charge in [-0.3, -0.25) is 14.9 Å². The van der Waals surface area contributed by atoms with E-state index in [-0.39, 0.29) is 16.6 Å². The third kappa shape index (κ3) is 4.87. The summed E-state index contributed by atoms with van der Waals surface area (Å²) in [7, 11) is 0. The molecule has 0 fully saturated rings. The number of hydrogen-bond acceptors (Lipinski definition) is 6. The van der Waals surface area contributed by atoms with Crippen LogP contribution in [0.4, 0.5) is 24.0 Å². The molecule has 1 heterocycles. The van der Waals surface area contributed by atoms with Crippen LogP contribution in [0.5, 0.6) is 0 Å². The highest BCUT2D eigenvalue weighted by molar-refractivity contribution is 8.01. The maximum absolute atomic E-state index is 13.6. The van der Waals surface area contributed by atoms with E-state index in [1.54, 1.807) is 6.07 Å². The van der Waals surface area contributed by atoms with Crippen LogP contribution >= 0.6 is 23.1 Å². The number of amides is 2. The van der Waals surface area contributed by atoms with Crippen molar-refractivity contribution in [3.8, 4) is 0 Å². The molecule has 3 rings (SSSR count). The molecule has 0 saturated carbocycles. The Kier molecular flexibility index (Phi) is 6.26. The number of halogens is 3. The molecule has 0 bridgehead atoms. The van der Waals surface area contributed by atoms with Crippen LogP contribution in [0.3, 0.4) is 0 Å². The van der Waals surface area contributed by atoms with Crippen LogP contribution in [-0.2, 0) is 4.79 Å². The topological polar surface area (TPSA) is 84.0 Å². The highest BCUT2D eigenvalue weighted by atomic mass is 32.2. The Hall–Kier alpha value is -2.92. The van der Waals surface area contributed by atoms with Crippen LogP contribution in [0.15, 0.2) is 46.8 Å². The van der Waals surface area contributed by atoms with Crippen molar-refractivity contribution < 1.29 is 22.8 Å². The van der Waals surface area contributed by atoms with Gasteiger partial charge in [0, 0.05) is 0 Å². The maximum Gasteiger partial charge on any atom is 0.263 e. The van der Waals surface area contributed by atoms with Gasteiger partial charge in [0.25, 0.3) is 5.91 Å². The molecule has 2 aromatic carbocycles. The van der Waals surface area contributed by atoms with Crippen molar-refractivity contribution in [2.24, 2.45) is 0 Å². The summed E-state index contributed by atoms with van der Waals surface area (Å²) in [5.74, 6) is -4.08. The lowest BCUT2D eigenvalue weighted by Gasteiger charge is -2.04. The average Bonchev–Trinajstić information content (AvgIpc) is 3.09. The van der Waals surface area contributed by atoms with Crippen LogP contribution in [0, 0.1) is 17.5 Å². The second-order valence-electron chi connectivity index (χ2n) is 5.24. The summed E-state index contributed by atoms with van der Waals surface area (Å²) >= 11 is 1.94. The van der Waals surface area contributed by atoms with Crippen LogP contribution in [-0.4, -0.2) is 27.8 Å². The second-order valence-corrected chi connectivity index (χ2v) is 7.44. The van der Waals surface area contributed by atoms with Crippen molar-refractivity contribution in [2.45, 2.75) is 4.34 Å². The number of carbonyl (C=O) groups is 2. The molecule has 144 valence electrons. The summed E-state index contributed by atoms with van der Waals surface area (Å²) in [5.41, 5.74) is -0.665. The predicted octanol–water partition coefficient (Wildman–Crippen LogP) is 3.94. The Morgan fingerprint density at radius 3 is 2.32 bits per heavy atom. The zero-order valence-electron chi connectivity index (χ0n) is 13.9. The quantitative estimate of drug-likeness (QED) is 0.463. The molecule has 0 atom stereocenters. The molecule has 0 aliphatic carbocycles. The Bertz CT molecular complexity index is 1010. The highest BCUT2D eigenvalue weighted by Gasteiger charge is 2.19. The van der Waals surface area contributed by atoms with Gasteiger partial charge < -0.3 is 5.32 Å². The number of benzene rings is 2. The number of hydrogen-bond donors (Lipinski definition) is 2. The van der Waals surface area contributed by atoms with Crippen LogP contribution < -0.4 is 10.6 Å². The molecule has 0 unspecified atom stereocenters. The molecule has 28 heavy (non-hydrogen) atoms. The Morgan fingerprint density at radius 1 is 0.929 bits per heavy atom. The summed E-state index contributed by atoms with van der Waals surface area (Å²) in [4.78, 5) is 23.9. The van der Waals surface area contributed by atoms with Crippen LogP contribution in [0.1, 0.15) is 10.4 Å². The number of aromatic nitrogens is 2. The van der Waals surface area contributed by atoms with Gasteiger partial charge in [-0.15, -0.1) is 10.2 Å². The van der Waals surface area contributed by atoms with Gasteiger partial charge in [-0.1, -0.05) is 41.3 Å². The number of anilines is 2. The van der Waals surface area contributed by atoms with Gasteiger partial charge in [-0.25, -0.2) is 13.2 Å². The van der Waals surface area contributed by atoms with Gasteiger partial charge in [-0.2, -0.15) is 0 Å². The lowest BCUT2D eigenvalue weighted by Crippen LogP contribution is -2.15. The zero-order chi connectivity index (χ0) is 20.1. The van der Waals surface area contributed by atoms with Gasteiger partial charge in [0.15, 0.2) is 4.34 Å². The van der Waals surface area contributed by atoms with Crippen molar-refractivity contribution in [2.75, 3.05) is 16.4 Å². The summed E-state index contributed by atoms with van der Waals surface area (Å²) in [6.45, 7) is 0. The van der Waals surface area contributed by atoms with Crippen LogP contribution in [0.25, 0.3) is 0 Å². The molecule has 1 aromatic heterocycles. The molecule has 11 heteroatoms. The third-order valence-electron chi connectivity index (χ3n) is 3.29. The van der Waals surface area contributed by atoms with E-state index in [4.69, 9.17) is 0 Å². The highest BCUT2D eigenvalue weighted by Crippen LogP contribution is 2.26. The lowest BCUT2D eigenvalue weighted by atomic mass is 10.2. The fourth-order valence-electron chi connectivity index (χ4n) is 2.07. The fourth-order valence-corrected chi connectivity index (χ4v) is 3.62. The van der Waals surface area contributed by atoms with E-state index in [0.717, 1.165) is 41.3 Å². The predicted molar refractivity (Wildman–Crippen MR) is 100.0 cm³/mol. The fraction of sp³-hybridized carbons (Fsp3) is 0.0588. The van der Waals surface area contributed by atoms with Crippen molar-refractivity contribution in [3.63, 3.8) is 0 Å². The Balaban J connectivity index is 1.56. The number of nitrogens with zero attached hydrogens (tertiary/aromatic N) is 2. The molecule has 2 amide bonds. The molecule has 2 N–H and O–H groups in total. The summed E-state index contributed by atoms with van der Waals surface area (Å²) in [6.07, 6.45) is 0. The van der Waals surface area contributed by atoms with Crippen molar-refractivity contribution in [1.82, 2.24) is 10.2 Å². The van der Waals surface area contributed by atoms with Gasteiger partial charge in [0.05, 0.1) is 11.4 Å². The largest absolute Gasteiger partial charge is 0.323 e. The van der Waals surface area contributed by atoms with Gasteiger partial charge in [-0.05, 0) is 24.3 Å². The minimum atomic E-state index is -0.999. The number of nitrogens with one attached hydrogen (secondary N) is 2. The average molecular weight is 424 g/mol. The number of para-hydroxylation sites is 1. The second kappa shape index (κ2) is 8.85. The molecule has 3 aromatic rings. The molecule has 0 saturated heterocycles. The van der Waals surface area contributed by atoms with E-state index in [1.807, 2.05) is 0 Å². The van der Waals surface area contributed by atoms with E-state index >= 15 is 0 Å². The van der Waals surface area contributed by atoms with Gasteiger partial charge in [0.2, 0.25) is 11.0 Å². The maximum atomic E-state index is 13.6. The van der Waals surface area contributed by atoms with Crippen LogP contribution in [0.2, 0.25) is 0 Å². The first-order valence-electron chi connectivity index (χ1n) is 7.70. The molecular weight excluding hydrogens is 413 g/mol. The normalized spacial score (nSPS) is 10.5. The van der Waals surface area contributed by atoms with E-state index < -0.39 is 34.8 Å². The SMILES string of the molecule is O=C(CSc1nnc(NC(=O)c2c(F)cccc2F)s1)Nc1ccccc1F. The molecule has 6 nitrogen and oxygen atoms in total. The van der Waals surface area contributed by atoms with Crippen molar-refractivity contribution >= 4 is 45.7 Å². The summed E-state index contributed by atoms with van der Waals surface area (Å²) < 4.78 is 41.1. The smallest absolute Gasteiger partial charge is 0.263 e. The third-order valence-corrected chi connectivity index (χ3v) is 5.26. The summed E-state index contributed by atoms with van der Waals surface area (Å²) in [6, 6.07) is 8.82. The minimum absolute atomic E-state index is 0.0182. The number of rotatable bonds is 6. The molecule has 0 aliphatic heterocycles. The molecule has 0 aliphatic rings. The van der Waals surface area contributed by atoms with Crippen molar-refractivity contribution in [3.05, 3.63) is 65.5 Å².